The summed E-state index contributed by atoms with van der Waals surface area (Å²) in [5.41, 5.74) is 4.04. The minimum atomic E-state index is -4.63. The van der Waals surface area contributed by atoms with Crippen molar-refractivity contribution >= 4 is 0 Å². The number of rotatable bonds is 5. The molecule has 5 nitrogen and oxygen atoms in total. The summed E-state index contributed by atoms with van der Waals surface area (Å²) in [6, 6.07) is 10.9. The molecule has 2 aliphatic rings. The Morgan fingerprint density at radius 3 is 2.57 bits per heavy atom. The van der Waals surface area contributed by atoms with Crippen LogP contribution in [0.4, 0.5) is 13.2 Å². The SMILES string of the molecule is Cc1cc(C(O)CN2C3CCC2[C@@H](OC(F)(F)F)C3)c(C)n1-c1ccc(C#N)cc1. The van der Waals surface area contributed by atoms with Gasteiger partial charge < -0.3 is 9.67 Å². The van der Waals surface area contributed by atoms with Crippen LogP contribution in [-0.2, 0) is 4.74 Å². The van der Waals surface area contributed by atoms with E-state index in [-0.39, 0.29) is 18.6 Å². The summed E-state index contributed by atoms with van der Waals surface area (Å²) in [6.45, 7) is 4.14. The standard InChI is InChI=1S/C22H24F3N3O2/c1-13-9-18(14(2)28(13)16-5-3-15(11-26)4-6-16)20(29)12-27-17-7-8-19(27)21(10-17)30-22(23,24)25/h3-6,9,17,19-21,29H,7-8,10,12H2,1-2H3/t17?,19?,20?,21-/m0/s1. The van der Waals surface area contributed by atoms with E-state index in [9.17, 15) is 18.3 Å². The summed E-state index contributed by atoms with van der Waals surface area (Å²) in [4.78, 5) is 1.98. The predicted octanol–water partition coefficient (Wildman–Crippen LogP) is 4.14. The van der Waals surface area contributed by atoms with E-state index < -0.39 is 18.6 Å². The highest BCUT2D eigenvalue weighted by Crippen LogP contribution is 2.42. The highest BCUT2D eigenvalue weighted by atomic mass is 19.4. The van der Waals surface area contributed by atoms with Crippen LogP contribution < -0.4 is 0 Å². The van der Waals surface area contributed by atoms with Crippen LogP contribution in [0.15, 0.2) is 30.3 Å². The molecule has 4 atom stereocenters. The molecule has 3 unspecified atom stereocenters. The van der Waals surface area contributed by atoms with Crippen molar-refractivity contribution in [3.05, 3.63) is 52.8 Å². The predicted molar refractivity (Wildman–Crippen MR) is 104 cm³/mol. The van der Waals surface area contributed by atoms with Crippen LogP contribution in [0.3, 0.4) is 0 Å². The Bertz CT molecular complexity index is 962. The molecule has 2 aliphatic heterocycles. The number of fused-ring (bicyclic) bond motifs is 2. The topological polar surface area (TPSA) is 61.4 Å². The summed E-state index contributed by atoms with van der Waals surface area (Å²) < 4.78 is 44.4. The molecular formula is C22H24F3N3O2. The number of nitriles is 1. The number of ether oxygens (including phenoxy) is 1. The molecular weight excluding hydrogens is 395 g/mol. The normalized spacial score (nSPS) is 24.9. The minimum Gasteiger partial charge on any atom is -0.387 e. The quantitative estimate of drug-likeness (QED) is 0.791. The molecule has 2 fully saturated rings. The molecule has 1 N–H and O–H groups in total. The monoisotopic (exact) mass is 419 g/mol. The Labute approximate surface area is 173 Å². The highest BCUT2D eigenvalue weighted by molar-refractivity contribution is 5.45. The first-order chi connectivity index (χ1) is 14.2. The van der Waals surface area contributed by atoms with Gasteiger partial charge in [0.1, 0.15) is 0 Å². The Morgan fingerprint density at radius 1 is 1.23 bits per heavy atom. The summed E-state index contributed by atoms with van der Waals surface area (Å²) in [5, 5.41) is 19.9. The molecule has 2 aromatic rings. The van der Waals surface area contributed by atoms with Crippen LogP contribution in [0.5, 0.6) is 0 Å². The first kappa shape index (κ1) is 20.9. The van der Waals surface area contributed by atoms with E-state index in [4.69, 9.17) is 5.26 Å². The van der Waals surface area contributed by atoms with Crippen molar-refractivity contribution in [3.8, 4) is 11.8 Å². The smallest absolute Gasteiger partial charge is 0.387 e. The van der Waals surface area contributed by atoms with Gasteiger partial charge in [0, 0.05) is 41.3 Å². The molecule has 0 spiro atoms. The van der Waals surface area contributed by atoms with Gasteiger partial charge in [0.15, 0.2) is 0 Å². The molecule has 0 amide bonds. The Kier molecular flexibility index (Phi) is 5.39. The molecule has 4 rings (SSSR count). The van der Waals surface area contributed by atoms with Gasteiger partial charge in [-0.2, -0.15) is 5.26 Å². The second-order valence-corrected chi connectivity index (χ2v) is 8.17. The second kappa shape index (κ2) is 7.73. The Morgan fingerprint density at radius 2 is 1.93 bits per heavy atom. The van der Waals surface area contributed by atoms with Crippen LogP contribution in [0, 0.1) is 25.2 Å². The van der Waals surface area contributed by atoms with Crippen LogP contribution in [0.2, 0.25) is 0 Å². The third-order valence-corrected chi connectivity index (χ3v) is 6.38. The summed E-state index contributed by atoms with van der Waals surface area (Å²) in [6.07, 6.45) is -4.47. The number of aryl methyl sites for hydroxylation is 1. The number of hydrogen-bond acceptors (Lipinski definition) is 4. The van der Waals surface area contributed by atoms with E-state index >= 15 is 0 Å². The van der Waals surface area contributed by atoms with Crippen LogP contribution >= 0.6 is 0 Å². The van der Waals surface area contributed by atoms with E-state index in [1.807, 2.05) is 41.5 Å². The van der Waals surface area contributed by atoms with Gasteiger partial charge in [-0.15, -0.1) is 13.2 Å². The number of aliphatic hydroxyl groups is 1. The van der Waals surface area contributed by atoms with Gasteiger partial charge in [0.05, 0.1) is 23.8 Å². The zero-order valence-electron chi connectivity index (χ0n) is 16.9. The molecule has 8 heteroatoms. The van der Waals surface area contributed by atoms with E-state index in [1.54, 1.807) is 12.1 Å². The molecule has 0 saturated carbocycles. The molecule has 30 heavy (non-hydrogen) atoms. The lowest BCUT2D eigenvalue weighted by atomic mass is 9.98. The van der Waals surface area contributed by atoms with Gasteiger partial charge in [-0.1, -0.05) is 0 Å². The third-order valence-electron chi connectivity index (χ3n) is 6.38. The number of benzene rings is 1. The first-order valence-corrected chi connectivity index (χ1v) is 10.1. The van der Waals surface area contributed by atoms with Crippen molar-refractivity contribution in [1.29, 1.82) is 5.26 Å². The van der Waals surface area contributed by atoms with Gasteiger partial charge in [0.2, 0.25) is 0 Å². The number of hydrogen-bond donors (Lipinski definition) is 1. The van der Waals surface area contributed by atoms with Crippen molar-refractivity contribution in [2.75, 3.05) is 6.54 Å². The lowest BCUT2D eigenvalue weighted by Crippen LogP contribution is -2.38. The Hall–Kier alpha value is -2.34. The maximum atomic E-state index is 12.7. The first-order valence-electron chi connectivity index (χ1n) is 10.1. The number of aliphatic hydroxyl groups excluding tert-OH is 1. The minimum absolute atomic E-state index is 0.0130. The maximum Gasteiger partial charge on any atom is 0.522 e. The van der Waals surface area contributed by atoms with Gasteiger partial charge in [0.25, 0.3) is 0 Å². The largest absolute Gasteiger partial charge is 0.522 e. The second-order valence-electron chi connectivity index (χ2n) is 8.17. The number of aromatic nitrogens is 1. The average Bonchev–Trinajstić information content (AvgIpc) is 3.31. The van der Waals surface area contributed by atoms with Gasteiger partial charge >= 0.3 is 6.36 Å². The van der Waals surface area contributed by atoms with Crippen LogP contribution in [-0.4, -0.2) is 45.7 Å². The molecule has 1 aromatic carbocycles. The van der Waals surface area contributed by atoms with Crippen molar-refractivity contribution in [2.45, 2.75) is 63.8 Å². The van der Waals surface area contributed by atoms with Crippen LogP contribution in [0.25, 0.3) is 5.69 Å². The fourth-order valence-corrected chi connectivity index (χ4v) is 5.13. The summed E-state index contributed by atoms with van der Waals surface area (Å²) in [5.74, 6) is 0. The molecule has 3 heterocycles. The summed E-state index contributed by atoms with van der Waals surface area (Å²) in [7, 11) is 0. The van der Waals surface area contributed by atoms with E-state index in [0.717, 1.165) is 29.1 Å². The molecule has 1 aromatic heterocycles. The van der Waals surface area contributed by atoms with Crippen molar-refractivity contribution in [3.63, 3.8) is 0 Å². The van der Waals surface area contributed by atoms with Crippen molar-refractivity contribution in [1.82, 2.24) is 9.47 Å². The Balaban J connectivity index is 1.52. The molecule has 0 radical (unpaired) electrons. The average molecular weight is 419 g/mol. The molecule has 2 saturated heterocycles. The maximum absolute atomic E-state index is 12.7. The molecule has 160 valence electrons. The van der Waals surface area contributed by atoms with E-state index in [0.29, 0.717) is 18.4 Å². The van der Waals surface area contributed by atoms with Gasteiger partial charge in [-0.3, -0.25) is 9.64 Å². The summed E-state index contributed by atoms with van der Waals surface area (Å²) >= 11 is 0. The lowest BCUT2D eigenvalue weighted by Gasteiger charge is -2.27. The van der Waals surface area contributed by atoms with Crippen molar-refractivity contribution in [2.24, 2.45) is 0 Å². The zero-order valence-corrected chi connectivity index (χ0v) is 16.9. The van der Waals surface area contributed by atoms with Gasteiger partial charge in [-0.25, -0.2) is 0 Å². The molecule has 0 aliphatic carbocycles. The zero-order chi connectivity index (χ0) is 21.6. The number of alkyl halides is 3. The van der Waals surface area contributed by atoms with Crippen molar-refractivity contribution < 1.29 is 23.0 Å². The van der Waals surface area contributed by atoms with Gasteiger partial charge in [-0.05, 0) is 63.4 Å². The highest BCUT2D eigenvalue weighted by Gasteiger charge is 2.50. The fraction of sp³-hybridized carbons (Fsp3) is 0.500. The fourth-order valence-electron chi connectivity index (χ4n) is 5.13. The van der Waals surface area contributed by atoms with Crippen LogP contribution in [0.1, 0.15) is 47.9 Å². The third kappa shape index (κ3) is 3.85. The number of nitrogens with zero attached hydrogens (tertiary/aromatic N) is 3. The van der Waals surface area contributed by atoms with E-state index in [1.165, 1.54) is 0 Å². The number of halogens is 3. The van der Waals surface area contributed by atoms with E-state index in [2.05, 4.69) is 10.8 Å². The molecule has 2 bridgehead atoms. The lowest BCUT2D eigenvalue weighted by molar-refractivity contribution is -0.345.